The van der Waals surface area contributed by atoms with Crippen molar-refractivity contribution < 1.29 is 9.85 Å². The smallest absolute Gasteiger partial charge is 0.330 e. The van der Waals surface area contributed by atoms with E-state index in [1.54, 1.807) is 0 Å². The Balaban J connectivity index is 3.90. The molecule has 0 saturated heterocycles. The van der Waals surface area contributed by atoms with Crippen molar-refractivity contribution in [2.75, 3.05) is 6.54 Å². The van der Waals surface area contributed by atoms with Crippen LogP contribution < -0.4 is 5.73 Å². The molecule has 0 spiro atoms. The van der Waals surface area contributed by atoms with Crippen LogP contribution in [0.4, 0.5) is 0 Å². The lowest BCUT2D eigenvalue weighted by atomic mass is 10.3. The first kappa shape index (κ1) is 9.76. The highest BCUT2D eigenvalue weighted by molar-refractivity contribution is 4.44. The van der Waals surface area contributed by atoms with E-state index >= 15 is 0 Å². The van der Waals surface area contributed by atoms with Crippen molar-refractivity contribution in [2.45, 2.75) is 19.0 Å². The third-order valence-corrected chi connectivity index (χ3v) is 1.15. The highest BCUT2D eigenvalue weighted by Gasteiger charge is 2.30. The maximum absolute atomic E-state index is 9.97. The summed E-state index contributed by atoms with van der Waals surface area (Å²) in [5.41, 5.74) is 5.03. The average molecular weight is 163 g/mol. The zero-order chi connectivity index (χ0) is 8.85. The lowest BCUT2D eigenvalue weighted by Gasteiger charge is -1.99. The molecule has 0 atom stereocenters. The van der Waals surface area contributed by atoms with Crippen LogP contribution in [0.2, 0.25) is 0 Å². The molecule has 7 nitrogen and oxygen atoms in total. The van der Waals surface area contributed by atoms with Gasteiger partial charge in [-0.3, -0.25) is 20.2 Å². The van der Waals surface area contributed by atoms with Gasteiger partial charge in [-0.2, -0.15) is 0 Å². The molecule has 7 heteroatoms. The second kappa shape index (κ2) is 4.56. The Morgan fingerprint density at radius 3 is 2.00 bits per heavy atom. The molecule has 0 heterocycles. The fourth-order valence-electron chi connectivity index (χ4n) is 0.588. The summed E-state index contributed by atoms with van der Waals surface area (Å²) in [6, 6.07) is 0. The summed E-state index contributed by atoms with van der Waals surface area (Å²) >= 11 is 0. The van der Waals surface area contributed by atoms with Gasteiger partial charge in [-0.15, -0.1) is 0 Å². The van der Waals surface area contributed by atoms with Crippen LogP contribution in [0.15, 0.2) is 0 Å². The van der Waals surface area contributed by atoms with E-state index in [0.717, 1.165) is 0 Å². The summed E-state index contributed by atoms with van der Waals surface area (Å²) < 4.78 is 0. The predicted molar refractivity (Wildman–Crippen MR) is 36.1 cm³/mol. The molecular weight excluding hydrogens is 154 g/mol. The largest absolute Gasteiger partial charge is 0.450 e. The Morgan fingerprint density at radius 2 is 1.73 bits per heavy atom. The maximum Gasteiger partial charge on any atom is 0.450 e. The molecule has 0 aromatic heterocycles. The van der Waals surface area contributed by atoms with Crippen molar-refractivity contribution in [2.24, 2.45) is 5.73 Å². The van der Waals surface area contributed by atoms with Crippen LogP contribution in [-0.4, -0.2) is 22.6 Å². The van der Waals surface area contributed by atoms with Crippen LogP contribution in [0.5, 0.6) is 0 Å². The average Bonchev–Trinajstić information content (AvgIpc) is 1.87. The maximum atomic E-state index is 9.97. The molecule has 11 heavy (non-hydrogen) atoms. The van der Waals surface area contributed by atoms with Crippen molar-refractivity contribution in [3.8, 4) is 0 Å². The van der Waals surface area contributed by atoms with Crippen LogP contribution in [0, 0.1) is 20.2 Å². The predicted octanol–water partition coefficient (Wildman–Crippen LogP) is -0.395. The third kappa shape index (κ3) is 3.46. The van der Waals surface area contributed by atoms with Crippen molar-refractivity contribution >= 4 is 0 Å². The topological polar surface area (TPSA) is 112 Å². The lowest BCUT2D eigenvalue weighted by molar-refractivity contribution is -0.743. The van der Waals surface area contributed by atoms with E-state index in [1.807, 2.05) is 0 Å². The molecule has 0 amide bonds. The summed E-state index contributed by atoms with van der Waals surface area (Å²) in [7, 11) is 0. The van der Waals surface area contributed by atoms with E-state index in [-0.39, 0.29) is 13.0 Å². The van der Waals surface area contributed by atoms with Gasteiger partial charge in [-0.1, -0.05) is 0 Å². The van der Waals surface area contributed by atoms with E-state index < -0.39 is 16.0 Å². The molecule has 0 unspecified atom stereocenters. The molecule has 0 bridgehead atoms. The Labute approximate surface area is 62.5 Å². The van der Waals surface area contributed by atoms with Gasteiger partial charge in [-0.25, -0.2) is 0 Å². The van der Waals surface area contributed by atoms with Gasteiger partial charge in [0.25, 0.3) is 0 Å². The molecule has 0 radical (unpaired) electrons. The van der Waals surface area contributed by atoms with Gasteiger partial charge in [0.05, 0.1) is 16.3 Å². The number of nitrogens with two attached hydrogens (primary N) is 1. The summed E-state index contributed by atoms with van der Waals surface area (Å²) in [4.78, 5) is 18.1. The Kier molecular flexibility index (Phi) is 4.04. The van der Waals surface area contributed by atoms with Crippen molar-refractivity contribution in [3.63, 3.8) is 0 Å². The highest BCUT2D eigenvalue weighted by Crippen LogP contribution is 2.00. The van der Waals surface area contributed by atoms with Gasteiger partial charge in [0, 0.05) is 0 Å². The van der Waals surface area contributed by atoms with Gasteiger partial charge in [0.2, 0.25) is 0 Å². The second-order valence-corrected chi connectivity index (χ2v) is 1.98. The molecular formula is C4H9N3O4. The zero-order valence-electron chi connectivity index (χ0n) is 5.80. The number of hydrogen-bond donors (Lipinski definition) is 1. The van der Waals surface area contributed by atoms with E-state index in [2.05, 4.69) is 0 Å². The number of nitrogens with zero attached hydrogens (tertiary/aromatic N) is 2. The van der Waals surface area contributed by atoms with Crippen molar-refractivity contribution in [1.29, 1.82) is 0 Å². The first-order valence-electron chi connectivity index (χ1n) is 3.06. The molecule has 64 valence electrons. The van der Waals surface area contributed by atoms with Gasteiger partial charge < -0.3 is 5.73 Å². The van der Waals surface area contributed by atoms with Crippen LogP contribution >= 0.6 is 0 Å². The summed E-state index contributed by atoms with van der Waals surface area (Å²) in [5, 5.41) is 19.9. The molecule has 2 N–H and O–H groups in total. The standard InChI is InChI=1S/C4H9N3O4/c5-3-1-2-4(6(8)9)7(10)11/h4H,1-3,5H2. The molecule has 0 aromatic rings. The molecule has 0 aromatic carbocycles. The van der Waals surface area contributed by atoms with Crippen molar-refractivity contribution in [1.82, 2.24) is 0 Å². The van der Waals surface area contributed by atoms with Gasteiger partial charge in [0.15, 0.2) is 0 Å². The Bertz CT molecular complexity index is 145. The zero-order valence-corrected chi connectivity index (χ0v) is 5.80. The fourth-order valence-corrected chi connectivity index (χ4v) is 0.588. The van der Waals surface area contributed by atoms with Crippen LogP contribution in [0.3, 0.4) is 0 Å². The molecule has 0 aliphatic rings. The van der Waals surface area contributed by atoms with Gasteiger partial charge in [-0.05, 0) is 13.0 Å². The minimum absolute atomic E-state index is 0.101. The summed E-state index contributed by atoms with van der Waals surface area (Å²) in [6.07, 6.45) is -1.50. The SMILES string of the molecule is NCCCC([N+](=O)[O-])[N+](=O)[O-]. The first-order valence-corrected chi connectivity index (χ1v) is 3.06. The Morgan fingerprint density at radius 1 is 1.27 bits per heavy atom. The molecule has 0 fully saturated rings. The van der Waals surface area contributed by atoms with E-state index in [9.17, 15) is 20.2 Å². The third-order valence-electron chi connectivity index (χ3n) is 1.15. The minimum Gasteiger partial charge on any atom is -0.330 e. The lowest BCUT2D eigenvalue weighted by Crippen LogP contribution is -2.29. The second-order valence-electron chi connectivity index (χ2n) is 1.98. The summed E-state index contributed by atoms with van der Waals surface area (Å²) in [6.45, 7) is 0.234. The highest BCUT2D eigenvalue weighted by atomic mass is 16.7. The quantitative estimate of drug-likeness (QED) is 0.336. The minimum atomic E-state index is -1.70. The van der Waals surface area contributed by atoms with Gasteiger partial charge >= 0.3 is 6.17 Å². The van der Waals surface area contributed by atoms with Crippen LogP contribution in [-0.2, 0) is 0 Å². The number of hydrogen-bond acceptors (Lipinski definition) is 5. The van der Waals surface area contributed by atoms with Crippen molar-refractivity contribution in [3.05, 3.63) is 20.2 Å². The molecule has 0 saturated carbocycles. The van der Waals surface area contributed by atoms with E-state index in [0.29, 0.717) is 6.42 Å². The monoisotopic (exact) mass is 163 g/mol. The first-order chi connectivity index (χ1) is 5.09. The van der Waals surface area contributed by atoms with E-state index in [1.165, 1.54) is 0 Å². The summed E-state index contributed by atoms with van der Waals surface area (Å²) in [5.74, 6) is 0. The van der Waals surface area contributed by atoms with Gasteiger partial charge in [0.1, 0.15) is 0 Å². The molecule has 0 rings (SSSR count). The van der Waals surface area contributed by atoms with Crippen LogP contribution in [0.25, 0.3) is 0 Å². The fraction of sp³-hybridized carbons (Fsp3) is 1.00. The number of rotatable bonds is 5. The van der Waals surface area contributed by atoms with E-state index in [4.69, 9.17) is 5.73 Å². The molecule has 0 aliphatic heterocycles. The normalized spacial score (nSPS) is 10.0. The number of nitro groups is 2. The van der Waals surface area contributed by atoms with Crippen LogP contribution in [0.1, 0.15) is 12.8 Å². The Hall–Kier alpha value is -1.24. The molecule has 0 aliphatic carbocycles.